The number of ether oxygens (including phenoxy) is 3. The fraction of sp³-hybridized carbons (Fsp3) is 0.423. The Labute approximate surface area is 218 Å². The Balaban J connectivity index is 1.34. The number of aryl methyl sites for hydroxylation is 1. The summed E-state index contributed by atoms with van der Waals surface area (Å²) in [7, 11) is -1.48. The van der Waals surface area contributed by atoms with Crippen LogP contribution < -0.4 is 19.9 Å². The number of aliphatic hydroxyl groups excluding tert-OH is 1. The summed E-state index contributed by atoms with van der Waals surface area (Å²) in [4.78, 5) is 5.00. The number of fused-ring (bicyclic) bond motifs is 1. The minimum Gasteiger partial charge on any atom is -0.487 e. The third-order valence-electron chi connectivity index (χ3n) is 5.68. The Hall–Kier alpha value is -2.50. The van der Waals surface area contributed by atoms with E-state index in [1.165, 1.54) is 0 Å². The van der Waals surface area contributed by atoms with E-state index in [2.05, 4.69) is 18.8 Å². The third kappa shape index (κ3) is 7.04. The van der Waals surface area contributed by atoms with E-state index in [9.17, 15) is 9.32 Å². The molecule has 0 saturated carbocycles. The molecule has 0 bridgehead atoms. The van der Waals surface area contributed by atoms with E-state index >= 15 is 0 Å². The summed E-state index contributed by atoms with van der Waals surface area (Å²) in [5, 5.41) is 13.9. The quantitative estimate of drug-likeness (QED) is 0.367. The topological polar surface area (TPSA) is 107 Å². The highest BCUT2D eigenvalue weighted by atomic mass is 32.2. The lowest BCUT2D eigenvalue weighted by Crippen LogP contribution is -2.46. The van der Waals surface area contributed by atoms with Crippen molar-refractivity contribution in [2.24, 2.45) is 11.7 Å². The monoisotopic (exact) mass is 531 g/mol. The molecule has 1 aromatic heterocycles. The maximum atomic E-state index is 13.4. The average molecular weight is 532 g/mol. The molecule has 0 radical (unpaired) electrons. The summed E-state index contributed by atoms with van der Waals surface area (Å²) in [5.74, 6) is 2.23. The molecule has 36 heavy (non-hydrogen) atoms. The second-order valence-corrected chi connectivity index (χ2v) is 11.8. The van der Waals surface area contributed by atoms with Crippen LogP contribution in [0, 0.1) is 12.8 Å². The van der Waals surface area contributed by atoms with Gasteiger partial charge in [-0.05, 0) is 49.1 Å². The fourth-order valence-electron chi connectivity index (χ4n) is 3.86. The van der Waals surface area contributed by atoms with Crippen molar-refractivity contribution in [1.29, 1.82) is 0 Å². The average Bonchev–Trinajstić information content (AvgIpc) is 3.50. The molecule has 194 valence electrons. The normalized spacial score (nSPS) is 15.3. The zero-order chi connectivity index (χ0) is 25.7. The minimum absolute atomic E-state index is 0.160. The van der Waals surface area contributed by atoms with Gasteiger partial charge in [-0.15, -0.1) is 11.3 Å². The molecule has 0 aliphatic carbocycles. The summed E-state index contributed by atoms with van der Waals surface area (Å²) < 4.78 is 31.7. The number of nitrogens with zero attached hydrogens (tertiary/aromatic N) is 2. The first-order valence-corrected chi connectivity index (χ1v) is 13.9. The first kappa shape index (κ1) is 26.6. The molecule has 0 amide bonds. The molecule has 1 aliphatic rings. The Morgan fingerprint density at radius 2 is 1.92 bits per heavy atom. The number of aliphatic hydroxyl groups is 1. The van der Waals surface area contributed by atoms with E-state index < -0.39 is 23.1 Å². The van der Waals surface area contributed by atoms with Crippen molar-refractivity contribution in [2.45, 2.75) is 50.8 Å². The highest BCUT2D eigenvalue weighted by Crippen LogP contribution is 2.34. The van der Waals surface area contributed by atoms with Gasteiger partial charge in [0.25, 0.3) is 0 Å². The van der Waals surface area contributed by atoms with E-state index in [0.717, 1.165) is 22.0 Å². The van der Waals surface area contributed by atoms with Gasteiger partial charge in [0.05, 0.1) is 21.7 Å². The predicted octanol–water partition coefficient (Wildman–Crippen LogP) is 3.67. The summed E-state index contributed by atoms with van der Waals surface area (Å²) in [5.41, 5.74) is 8.27. The zero-order valence-electron chi connectivity index (χ0n) is 20.8. The van der Waals surface area contributed by atoms with Crippen LogP contribution in [0.25, 0.3) is 0 Å². The molecule has 0 saturated heterocycles. The molecule has 0 spiro atoms. The van der Waals surface area contributed by atoms with Gasteiger partial charge in [0.2, 0.25) is 6.79 Å². The molecule has 1 aliphatic heterocycles. The molecule has 8 nitrogen and oxygen atoms in total. The highest BCUT2D eigenvalue weighted by Gasteiger charge is 2.25. The lowest BCUT2D eigenvalue weighted by atomic mass is 10.0. The molecule has 2 aromatic carbocycles. The number of aromatic nitrogens is 1. The molecule has 3 atom stereocenters. The minimum atomic E-state index is -1.48. The Bertz CT molecular complexity index is 1170. The number of nitrogens with two attached hydrogens (primary N) is 1. The van der Waals surface area contributed by atoms with Crippen LogP contribution in [0.5, 0.6) is 17.2 Å². The maximum absolute atomic E-state index is 13.4. The zero-order valence-corrected chi connectivity index (χ0v) is 22.4. The number of hydrogen-bond donors (Lipinski definition) is 2. The van der Waals surface area contributed by atoms with Gasteiger partial charge in [0.15, 0.2) is 11.5 Å². The van der Waals surface area contributed by atoms with E-state index in [1.807, 2.05) is 36.6 Å². The van der Waals surface area contributed by atoms with Crippen LogP contribution in [0.4, 0.5) is 0 Å². The van der Waals surface area contributed by atoms with Gasteiger partial charge in [-0.1, -0.05) is 26.0 Å². The van der Waals surface area contributed by atoms with Crippen molar-refractivity contribution in [1.82, 2.24) is 9.29 Å². The van der Waals surface area contributed by atoms with Gasteiger partial charge in [-0.3, -0.25) is 0 Å². The van der Waals surface area contributed by atoms with E-state index in [1.54, 1.807) is 33.8 Å². The highest BCUT2D eigenvalue weighted by molar-refractivity contribution is 7.82. The Morgan fingerprint density at radius 3 is 2.61 bits per heavy atom. The van der Waals surface area contributed by atoms with E-state index in [4.69, 9.17) is 19.9 Å². The molecular weight excluding hydrogens is 498 g/mol. The van der Waals surface area contributed by atoms with Crippen LogP contribution in [-0.4, -0.2) is 50.6 Å². The third-order valence-corrected chi connectivity index (χ3v) is 7.93. The molecule has 3 N–H and O–H groups in total. The van der Waals surface area contributed by atoms with Gasteiger partial charge < -0.3 is 25.1 Å². The van der Waals surface area contributed by atoms with Gasteiger partial charge in [-0.25, -0.2) is 13.5 Å². The van der Waals surface area contributed by atoms with Crippen LogP contribution >= 0.6 is 11.3 Å². The Morgan fingerprint density at radius 1 is 1.17 bits per heavy atom. The first-order valence-electron chi connectivity index (χ1n) is 11.9. The maximum Gasteiger partial charge on any atom is 0.231 e. The van der Waals surface area contributed by atoms with Crippen LogP contribution in [0.15, 0.2) is 52.7 Å². The fourth-order valence-corrected chi connectivity index (χ4v) is 5.87. The van der Waals surface area contributed by atoms with Gasteiger partial charge in [0.1, 0.15) is 23.3 Å². The molecule has 2 heterocycles. The molecule has 0 fully saturated rings. The van der Waals surface area contributed by atoms with Crippen molar-refractivity contribution in [2.75, 3.05) is 19.9 Å². The molecular formula is C26H33N3O5S2. The number of thiazole rings is 1. The summed E-state index contributed by atoms with van der Waals surface area (Å²) in [6.07, 6.45) is -0.371. The summed E-state index contributed by atoms with van der Waals surface area (Å²) in [6, 6.07) is 12.4. The van der Waals surface area contributed by atoms with Crippen molar-refractivity contribution in [3.8, 4) is 17.2 Å². The van der Waals surface area contributed by atoms with Crippen molar-refractivity contribution < 1.29 is 23.5 Å². The van der Waals surface area contributed by atoms with E-state index in [-0.39, 0.29) is 19.3 Å². The van der Waals surface area contributed by atoms with Crippen LogP contribution in [-0.2, 0) is 24.0 Å². The molecule has 2 unspecified atom stereocenters. The van der Waals surface area contributed by atoms with Crippen LogP contribution in [0.3, 0.4) is 0 Å². The molecule has 10 heteroatoms. The molecule has 3 aromatic rings. The van der Waals surface area contributed by atoms with Gasteiger partial charge >= 0.3 is 0 Å². The first-order chi connectivity index (χ1) is 17.3. The number of rotatable bonds is 12. The van der Waals surface area contributed by atoms with Gasteiger partial charge in [-0.2, -0.15) is 0 Å². The van der Waals surface area contributed by atoms with E-state index in [0.29, 0.717) is 36.0 Å². The smallest absolute Gasteiger partial charge is 0.231 e. The number of benzene rings is 2. The van der Waals surface area contributed by atoms with Gasteiger partial charge in [0, 0.05) is 30.6 Å². The second kappa shape index (κ2) is 12.2. The number of hydrogen-bond acceptors (Lipinski definition) is 8. The lowest BCUT2D eigenvalue weighted by molar-refractivity contribution is 0.118. The lowest BCUT2D eigenvalue weighted by Gasteiger charge is -2.28. The standard InChI is InChI=1S/C26H33N3O5S2/c1-17(2)12-29(36(31)22-8-9-25-26(11-22)34-16-33-25)13-24(30)23(27)10-19-4-6-21(7-5-19)32-14-20-15-35-18(3)28-20/h4-9,11,15,17,23-24,30H,10,12-14,16,27H2,1-3H3/t23?,24-,36?/m1/s1. The van der Waals surface area contributed by atoms with Crippen molar-refractivity contribution in [3.63, 3.8) is 0 Å². The van der Waals surface area contributed by atoms with Crippen molar-refractivity contribution >= 4 is 22.3 Å². The summed E-state index contributed by atoms with van der Waals surface area (Å²) in [6.45, 7) is 7.40. The predicted molar refractivity (Wildman–Crippen MR) is 141 cm³/mol. The van der Waals surface area contributed by atoms with Crippen LogP contribution in [0.1, 0.15) is 30.1 Å². The Kier molecular flexibility index (Phi) is 8.97. The largest absolute Gasteiger partial charge is 0.487 e. The van der Waals surface area contributed by atoms with Crippen LogP contribution in [0.2, 0.25) is 0 Å². The SMILES string of the molecule is Cc1nc(COc2ccc(CC(N)[C@H](O)CN(CC(C)C)S(=O)c3ccc4c(c3)OCO4)cc2)cs1. The molecule has 4 rings (SSSR count). The second-order valence-electron chi connectivity index (χ2n) is 9.23. The van der Waals surface area contributed by atoms with Crippen molar-refractivity contribution in [3.05, 3.63) is 64.1 Å². The summed E-state index contributed by atoms with van der Waals surface area (Å²) >= 11 is 1.60.